The van der Waals surface area contributed by atoms with Crippen LogP contribution < -0.4 is 15.5 Å². The van der Waals surface area contributed by atoms with Gasteiger partial charge >= 0.3 is 6.03 Å². The molecule has 1 saturated heterocycles. The second kappa shape index (κ2) is 7.08. The van der Waals surface area contributed by atoms with Crippen LogP contribution in [0.2, 0.25) is 0 Å². The highest BCUT2D eigenvalue weighted by Crippen LogP contribution is 2.24. The van der Waals surface area contributed by atoms with E-state index in [0.717, 1.165) is 11.6 Å². The summed E-state index contributed by atoms with van der Waals surface area (Å²) in [5, 5.41) is 9.85. The van der Waals surface area contributed by atoms with E-state index in [0.29, 0.717) is 25.2 Å². The van der Waals surface area contributed by atoms with Crippen LogP contribution >= 0.6 is 0 Å². The van der Waals surface area contributed by atoms with Crippen LogP contribution in [0.1, 0.15) is 24.9 Å². The monoisotopic (exact) mass is 349 g/mol. The number of nitrogens with zero attached hydrogens (tertiary/aromatic N) is 3. The Balaban J connectivity index is 1.53. The van der Waals surface area contributed by atoms with Gasteiger partial charge in [0.05, 0.1) is 17.9 Å². The highest BCUT2D eigenvalue weighted by Gasteiger charge is 2.26. The van der Waals surface area contributed by atoms with E-state index in [-0.39, 0.29) is 18.1 Å². The van der Waals surface area contributed by atoms with Crippen molar-refractivity contribution in [1.29, 1.82) is 0 Å². The van der Waals surface area contributed by atoms with E-state index in [2.05, 4.69) is 15.7 Å². The van der Waals surface area contributed by atoms with E-state index < -0.39 is 11.6 Å². The molecule has 0 spiro atoms. The highest BCUT2D eigenvalue weighted by atomic mass is 19.1. The molecule has 2 N–H and O–H groups in total. The zero-order chi connectivity index (χ0) is 18.0. The average molecular weight is 349 g/mol. The molecule has 2 amide bonds. The molecule has 0 saturated carbocycles. The van der Waals surface area contributed by atoms with Crippen LogP contribution in [0.3, 0.4) is 0 Å². The lowest BCUT2D eigenvalue weighted by atomic mass is 10.2. The maximum atomic E-state index is 13.9. The molecule has 3 rings (SSSR count). The summed E-state index contributed by atoms with van der Waals surface area (Å²) >= 11 is 0. The molecule has 2 aromatic rings. The number of halogens is 2. The lowest BCUT2D eigenvalue weighted by Gasteiger charge is -2.20. The molecule has 2 atom stereocenters. The Labute approximate surface area is 144 Å². The third kappa shape index (κ3) is 4.07. The summed E-state index contributed by atoms with van der Waals surface area (Å²) in [7, 11) is 1.82. The van der Waals surface area contributed by atoms with Crippen molar-refractivity contribution >= 4 is 11.7 Å². The zero-order valence-corrected chi connectivity index (χ0v) is 14.2. The van der Waals surface area contributed by atoms with E-state index in [9.17, 15) is 13.6 Å². The van der Waals surface area contributed by atoms with Crippen LogP contribution in [-0.4, -0.2) is 34.9 Å². The van der Waals surface area contributed by atoms with Crippen LogP contribution in [0.5, 0.6) is 0 Å². The minimum atomic E-state index is -0.598. The largest absolute Gasteiger partial charge is 0.367 e. The van der Waals surface area contributed by atoms with Gasteiger partial charge in [0.1, 0.15) is 11.6 Å². The van der Waals surface area contributed by atoms with Crippen molar-refractivity contribution in [3.8, 4) is 0 Å². The summed E-state index contributed by atoms with van der Waals surface area (Å²) in [4.78, 5) is 14.0. The molecule has 2 unspecified atom stereocenters. The predicted molar refractivity (Wildman–Crippen MR) is 90.3 cm³/mol. The molecule has 0 aliphatic carbocycles. The number of anilines is 1. The Morgan fingerprint density at radius 3 is 2.88 bits per heavy atom. The summed E-state index contributed by atoms with van der Waals surface area (Å²) in [5.74, 6) is -1.19. The summed E-state index contributed by atoms with van der Waals surface area (Å²) in [6, 6.07) is 3.01. The van der Waals surface area contributed by atoms with Crippen LogP contribution in [0.4, 0.5) is 19.3 Å². The highest BCUT2D eigenvalue weighted by molar-refractivity contribution is 5.75. The predicted octanol–water partition coefficient (Wildman–Crippen LogP) is 2.34. The molecule has 0 radical (unpaired) electrons. The first-order valence-corrected chi connectivity index (χ1v) is 8.18. The average Bonchev–Trinajstić information content (AvgIpc) is 3.16. The molecule has 1 aliphatic heterocycles. The molecule has 134 valence electrons. The molecule has 2 heterocycles. The molecule has 8 heteroatoms. The zero-order valence-electron chi connectivity index (χ0n) is 14.2. The van der Waals surface area contributed by atoms with Gasteiger partial charge < -0.3 is 15.5 Å². The van der Waals surface area contributed by atoms with Crippen molar-refractivity contribution in [2.45, 2.75) is 25.4 Å². The fraction of sp³-hybridized carbons (Fsp3) is 0.412. The van der Waals surface area contributed by atoms with Gasteiger partial charge in [0.2, 0.25) is 0 Å². The van der Waals surface area contributed by atoms with Gasteiger partial charge in [-0.3, -0.25) is 4.68 Å². The van der Waals surface area contributed by atoms with Crippen LogP contribution in [0, 0.1) is 11.6 Å². The minimum absolute atomic E-state index is 0.0921. The Bertz CT molecular complexity index is 763. The molecule has 1 aromatic heterocycles. The second-order valence-electron chi connectivity index (χ2n) is 6.31. The third-order valence-corrected chi connectivity index (χ3v) is 4.35. The first kappa shape index (κ1) is 17.2. The molecular weight excluding hydrogens is 328 g/mol. The number of rotatable bonds is 4. The van der Waals surface area contributed by atoms with Gasteiger partial charge in [-0.15, -0.1) is 0 Å². The normalized spacial score (nSPS) is 18.2. The fourth-order valence-corrected chi connectivity index (χ4v) is 3.01. The van der Waals surface area contributed by atoms with Gasteiger partial charge in [-0.1, -0.05) is 0 Å². The molecular formula is C17H21F2N5O. The summed E-state index contributed by atoms with van der Waals surface area (Å²) in [5.41, 5.74) is 1.27. The van der Waals surface area contributed by atoms with Gasteiger partial charge in [0.25, 0.3) is 0 Å². The molecule has 6 nitrogen and oxygen atoms in total. The Morgan fingerprint density at radius 1 is 1.40 bits per heavy atom. The summed E-state index contributed by atoms with van der Waals surface area (Å²) in [6.45, 7) is 2.97. The molecule has 25 heavy (non-hydrogen) atoms. The number of hydrogen-bond donors (Lipinski definition) is 2. The first-order valence-electron chi connectivity index (χ1n) is 8.18. The molecule has 1 aromatic carbocycles. The van der Waals surface area contributed by atoms with Crippen LogP contribution in [-0.2, 0) is 7.05 Å². The Kier molecular flexibility index (Phi) is 4.87. The number of aromatic nitrogens is 2. The van der Waals surface area contributed by atoms with Gasteiger partial charge in [0.15, 0.2) is 0 Å². The van der Waals surface area contributed by atoms with E-state index in [1.807, 2.05) is 25.1 Å². The van der Waals surface area contributed by atoms with Gasteiger partial charge in [-0.2, -0.15) is 5.10 Å². The summed E-state index contributed by atoms with van der Waals surface area (Å²) in [6.07, 6.45) is 4.25. The van der Waals surface area contributed by atoms with Gasteiger partial charge in [0, 0.05) is 44.0 Å². The van der Waals surface area contributed by atoms with E-state index in [4.69, 9.17) is 0 Å². The number of aryl methyl sites for hydroxylation is 1. The van der Waals surface area contributed by atoms with Crippen molar-refractivity contribution in [2.24, 2.45) is 7.05 Å². The Morgan fingerprint density at radius 2 is 2.20 bits per heavy atom. The van der Waals surface area contributed by atoms with Gasteiger partial charge in [-0.05, 0) is 25.5 Å². The third-order valence-electron chi connectivity index (χ3n) is 4.35. The smallest absolute Gasteiger partial charge is 0.315 e. The van der Waals surface area contributed by atoms with Gasteiger partial charge in [-0.25, -0.2) is 13.6 Å². The van der Waals surface area contributed by atoms with Crippen molar-refractivity contribution in [3.05, 3.63) is 47.8 Å². The minimum Gasteiger partial charge on any atom is -0.367 e. The standard InChI is InChI=1S/C17H21F2N5O/c1-11(12-8-20-23(2)9-12)21-17(25)22-14-5-6-24(10-14)16-4-3-13(18)7-15(16)19/h3-4,7-9,11,14H,5-6,10H2,1-2H3,(H2,21,22,25). The Hall–Kier alpha value is -2.64. The SMILES string of the molecule is CC(NC(=O)NC1CCN(c2ccc(F)cc2F)C1)c1cnn(C)c1. The van der Waals surface area contributed by atoms with Crippen molar-refractivity contribution in [1.82, 2.24) is 20.4 Å². The number of hydrogen-bond acceptors (Lipinski definition) is 3. The number of urea groups is 1. The van der Waals surface area contributed by atoms with Crippen molar-refractivity contribution < 1.29 is 13.6 Å². The summed E-state index contributed by atoms with van der Waals surface area (Å²) < 4.78 is 28.6. The van der Waals surface area contributed by atoms with Crippen molar-refractivity contribution in [3.63, 3.8) is 0 Å². The van der Waals surface area contributed by atoms with Crippen LogP contribution in [0.15, 0.2) is 30.6 Å². The number of nitrogens with one attached hydrogen (secondary N) is 2. The van der Waals surface area contributed by atoms with E-state index >= 15 is 0 Å². The van der Waals surface area contributed by atoms with E-state index in [1.54, 1.807) is 10.9 Å². The molecule has 1 aliphatic rings. The van der Waals surface area contributed by atoms with Crippen LogP contribution in [0.25, 0.3) is 0 Å². The first-order chi connectivity index (χ1) is 11.9. The number of carbonyl (C=O) groups is 1. The molecule has 1 fully saturated rings. The quantitative estimate of drug-likeness (QED) is 0.891. The number of amides is 2. The number of carbonyl (C=O) groups excluding carboxylic acids is 1. The van der Waals surface area contributed by atoms with Crippen molar-refractivity contribution in [2.75, 3.05) is 18.0 Å². The lowest BCUT2D eigenvalue weighted by molar-refractivity contribution is 0.235. The maximum absolute atomic E-state index is 13.9. The van der Waals surface area contributed by atoms with E-state index in [1.165, 1.54) is 12.1 Å². The fourth-order valence-electron chi connectivity index (χ4n) is 3.01. The maximum Gasteiger partial charge on any atom is 0.315 e. The molecule has 0 bridgehead atoms. The second-order valence-corrected chi connectivity index (χ2v) is 6.31. The number of benzene rings is 1. The lowest BCUT2D eigenvalue weighted by Crippen LogP contribution is -2.44. The topological polar surface area (TPSA) is 62.2 Å².